The summed E-state index contributed by atoms with van der Waals surface area (Å²) >= 11 is 6.06. The van der Waals surface area contributed by atoms with E-state index in [2.05, 4.69) is 0 Å². The van der Waals surface area contributed by atoms with Crippen LogP contribution in [-0.2, 0) is 13.6 Å². The first-order valence-electron chi connectivity index (χ1n) is 7.25. The Morgan fingerprint density at radius 1 is 1.17 bits per heavy atom. The number of Topliss-reactive ketones (excluding diaryl/α,β-unsaturated/α-hetero) is 1. The number of carbonyl (C=O) groups excluding carboxylic acids is 1. The molecule has 3 aromatic rings. The van der Waals surface area contributed by atoms with E-state index in [-0.39, 0.29) is 12.3 Å². The normalized spacial score (nSPS) is 10.7. The molecule has 0 radical (unpaired) electrons. The van der Waals surface area contributed by atoms with E-state index in [1.807, 2.05) is 60.3 Å². The molecule has 5 heteroatoms. The lowest BCUT2D eigenvalue weighted by Crippen LogP contribution is -2.39. The van der Waals surface area contributed by atoms with Gasteiger partial charge in [0.05, 0.1) is 7.05 Å². The Labute approximate surface area is 139 Å². The van der Waals surface area contributed by atoms with E-state index >= 15 is 0 Å². The van der Waals surface area contributed by atoms with Crippen molar-refractivity contribution in [2.45, 2.75) is 6.54 Å². The summed E-state index contributed by atoms with van der Waals surface area (Å²) in [5.74, 6) is 0.537. The largest absolute Gasteiger partial charge is 0.355 e. The predicted octanol–water partition coefficient (Wildman–Crippen LogP) is 3.10. The van der Waals surface area contributed by atoms with E-state index < -0.39 is 0 Å². The third kappa shape index (κ3) is 3.12. The van der Waals surface area contributed by atoms with E-state index in [4.69, 9.17) is 17.3 Å². The first-order chi connectivity index (χ1) is 11.1. The quantitative estimate of drug-likeness (QED) is 0.591. The number of nitrogen functional groups attached to an aromatic ring is 1. The second kappa shape index (κ2) is 6.26. The van der Waals surface area contributed by atoms with Crippen molar-refractivity contribution < 1.29 is 9.36 Å². The van der Waals surface area contributed by atoms with Crippen molar-refractivity contribution >= 4 is 23.3 Å². The fraction of sp³-hybridized carbons (Fsp3) is 0.111. The number of anilines is 1. The minimum Gasteiger partial charge on any atom is -0.291 e. The Balaban J connectivity index is 1.93. The van der Waals surface area contributed by atoms with Gasteiger partial charge in [0.1, 0.15) is 18.4 Å². The zero-order valence-electron chi connectivity index (χ0n) is 12.7. The van der Waals surface area contributed by atoms with Crippen molar-refractivity contribution in [3.8, 4) is 11.3 Å². The highest BCUT2D eigenvalue weighted by molar-refractivity contribution is 6.30. The number of hydrogen-bond acceptors (Lipinski definition) is 2. The van der Waals surface area contributed by atoms with Crippen molar-refractivity contribution in [3.63, 3.8) is 0 Å². The summed E-state index contributed by atoms with van der Waals surface area (Å²) in [6.45, 7) is 0.199. The molecule has 0 aliphatic heterocycles. The van der Waals surface area contributed by atoms with Crippen molar-refractivity contribution in [1.29, 1.82) is 0 Å². The summed E-state index contributed by atoms with van der Waals surface area (Å²) in [6.07, 6.45) is 1.88. The topological polar surface area (TPSA) is 51.9 Å². The molecule has 0 atom stereocenters. The molecule has 2 N–H and O–H groups in total. The van der Waals surface area contributed by atoms with Gasteiger partial charge in [0.15, 0.2) is 5.78 Å². The molecule has 1 heterocycles. The zero-order valence-corrected chi connectivity index (χ0v) is 13.5. The standard InChI is InChI=1S/C18H16ClN3O/c1-21-16(14-8-5-9-15(19)10-14)11-22(18(21)20)12-17(23)13-6-3-2-4-7-13/h2-11,20H,12H2,1H3/p+1. The average molecular weight is 327 g/mol. The Morgan fingerprint density at radius 3 is 2.61 bits per heavy atom. The number of nitrogens with two attached hydrogens (primary N) is 1. The molecule has 3 rings (SSSR count). The molecule has 4 nitrogen and oxygen atoms in total. The molecule has 0 aliphatic carbocycles. The molecule has 0 unspecified atom stereocenters. The van der Waals surface area contributed by atoms with E-state index in [0.29, 0.717) is 16.5 Å². The molecule has 116 valence electrons. The average Bonchev–Trinajstić information content (AvgIpc) is 2.84. The second-order valence-electron chi connectivity index (χ2n) is 5.36. The summed E-state index contributed by atoms with van der Waals surface area (Å²) in [4.78, 5) is 12.4. The molecule has 0 saturated carbocycles. The van der Waals surface area contributed by atoms with Gasteiger partial charge in [-0.3, -0.25) is 10.5 Å². The molecule has 0 aliphatic rings. The molecule has 0 bridgehead atoms. The van der Waals surface area contributed by atoms with Crippen molar-refractivity contribution in [2.75, 3.05) is 5.73 Å². The van der Waals surface area contributed by atoms with Crippen LogP contribution in [0.15, 0.2) is 60.8 Å². The zero-order chi connectivity index (χ0) is 16.4. The lowest BCUT2D eigenvalue weighted by molar-refractivity contribution is -0.667. The monoisotopic (exact) mass is 326 g/mol. The number of aromatic nitrogens is 2. The van der Waals surface area contributed by atoms with Gasteiger partial charge in [-0.05, 0) is 12.1 Å². The summed E-state index contributed by atoms with van der Waals surface area (Å²) in [6, 6.07) is 16.7. The van der Waals surface area contributed by atoms with Gasteiger partial charge >= 0.3 is 5.95 Å². The lowest BCUT2D eigenvalue weighted by atomic mass is 10.1. The Kier molecular flexibility index (Phi) is 4.17. The van der Waals surface area contributed by atoms with Crippen LogP contribution in [0.3, 0.4) is 0 Å². The van der Waals surface area contributed by atoms with Crippen LogP contribution < -0.4 is 10.3 Å². The van der Waals surface area contributed by atoms with E-state index in [1.54, 1.807) is 16.7 Å². The summed E-state index contributed by atoms with van der Waals surface area (Å²) in [5.41, 5.74) is 8.68. The fourth-order valence-electron chi connectivity index (χ4n) is 2.53. The smallest absolute Gasteiger partial charge is 0.291 e. The number of halogens is 1. The maximum Gasteiger partial charge on any atom is 0.355 e. The number of rotatable bonds is 4. The number of ketones is 1. The van der Waals surface area contributed by atoms with Crippen LogP contribution in [0.1, 0.15) is 10.4 Å². The van der Waals surface area contributed by atoms with Crippen LogP contribution in [0.4, 0.5) is 5.95 Å². The molecule has 23 heavy (non-hydrogen) atoms. The van der Waals surface area contributed by atoms with Crippen LogP contribution in [0.5, 0.6) is 0 Å². The fourth-order valence-corrected chi connectivity index (χ4v) is 2.72. The van der Waals surface area contributed by atoms with Gasteiger partial charge < -0.3 is 0 Å². The first kappa shape index (κ1) is 15.3. The second-order valence-corrected chi connectivity index (χ2v) is 5.80. The van der Waals surface area contributed by atoms with Crippen LogP contribution in [0.25, 0.3) is 11.3 Å². The lowest BCUT2D eigenvalue weighted by Gasteiger charge is -2.00. The predicted molar refractivity (Wildman–Crippen MR) is 91.2 cm³/mol. The Hall–Kier alpha value is -2.59. The van der Waals surface area contributed by atoms with Crippen molar-refractivity contribution in [1.82, 2.24) is 4.57 Å². The number of imidazole rings is 1. The number of nitrogens with zero attached hydrogens (tertiary/aromatic N) is 2. The van der Waals surface area contributed by atoms with Crippen molar-refractivity contribution in [2.24, 2.45) is 7.05 Å². The molecular formula is C18H17ClN3O+. The Morgan fingerprint density at radius 2 is 1.91 bits per heavy atom. The van der Waals surface area contributed by atoms with Gasteiger partial charge in [-0.25, -0.2) is 9.13 Å². The van der Waals surface area contributed by atoms with Crippen LogP contribution >= 0.6 is 11.6 Å². The minimum absolute atomic E-state index is 0.0190. The van der Waals surface area contributed by atoms with Gasteiger partial charge in [0.25, 0.3) is 0 Å². The molecule has 0 fully saturated rings. The number of benzene rings is 2. The molecular weight excluding hydrogens is 310 g/mol. The molecule has 0 spiro atoms. The van der Waals surface area contributed by atoms with Crippen LogP contribution in [-0.4, -0.2) is 10.4 Å². The van der Waals surface area contributed by atoms with E-state index in [9.17, 15) is 4.79 Å². The van der Waals surface area contributed by atoms with Crippen LogP contribution in [0.2, 0.25) is 5.02 Å². The van der Waals surface area contributed by atoms with Gasteiger partial charge in [-0.15, -0.1) is 0 Å². The maximum atomic E-state index is 12.4. The van der Waals surface area contributed by atoms with E-state index in [1.165, 1.54) is 0 Å². The van der Waals surface area contributed by atoms with Gasteiger partial charge in [0.2, 0.25) is 0 Å². The number of hydrogen-bond donors (Lipinski definition) is 1. The van der Waals surface area contributed by atoms with Gasteiger partial charge in [-0.2, -0.15) is 0 Å². The third-order valence-corrected chi connectivity index (χ3v) is 4.04. The maximum absolute atomic E-state index is 12.4. The molecule has 1 aromatic heterocycles. The highest BCUT2D eigenvalue weighted by Gasteiger charge is 2.20. The third-order valence-electron chi connectivity index (χ3n) is 3.81. The molecule has 0 amide bonds. The molecule has 0 saturated heterocycles. The number of carbonyl (C=O) groups is 1. The van der Waals surface area contributed by atoms with Crippen LogP contribution in [0, 0.1) is 0 Å². The minimum atomic E-state index is 0.0190. The van der Waals surface area contributed by atoms with E-state index in [0.717, 1.165) is 11.3 Å². The highest BCUT2D eigenvalue weighted by Crippen LogP contribution is 2.23. The van der Waals surface area contributed by atoms with Gasteiger partial charge in [0, 0.05) is 16.1 Å². The first-order valence-corrected chi connectivity index (χ1v) is 7.63. The molecule has 2 aromatic carbocycles. The van der Waals surface area contributed by atoms with Crippen molar-refractivity contribution in [3.05, 3.63) is 71.4 Å². The van der Waals surface area contributed by atoms with Gasteiger partial charge in [-0.1, -0.05) is 54.1 Å². The highest BCUT2D eigenvalue weighted by atomic mass is 35.5. The SMILES string of the molecule is Cn1c(-c2cccc(Cl)c2)c[n+](CC(=O)c2ccccc2)c1N. The summed E-state index contributed by atoms with van der Waals surface area (Å²) < 4.78 is 3.61. The Bertz CT molecular complexity index is 856. The summed E-state index contributed by atoms with van der Waals surface area (Å²) in [5, 5.41) is 0.661. The summed E-state index contributed by atoms with van der Waals surface area (Å²) in [7, 11) is 1.87.